The highest BCUT2D eigenvalue weighted by molar-refractivity contribution is 9.11. The third-order valence-electron chi connectivity index (χ3n) is 4.16. The number of anilines is 1. The van der Waals surface area contributed by atoms with Gasteiger partial charge in [0.2, 0.25) is 0 Å². The Morgan fingerprint density at radius 3 is 2.45 bits per heavy atom. The van der Waals surface area contributed by atoms with Gasteiger partial charge in [-0.05, 0) is 52.3 Å². The van der Waals surface area contributed by atoms with E-state index in [9.17, 15) is 4.79 Å². The van der Waals surface area contributed by atoms with Crippen molar-refractivity contribution in [1.29, 1.82) is 0 Å². The molecule has 0 saturated heterocycles. The first-order chi connectivity index (χ1) is 14.0. The Morgan fingerprint density at radius 1 is 1.07 bits per heavy atom. The molecule has 3 aromatic carbocycles. The zero-order valence-corrected chi connectivity index (χ0v) is 18.9. The fourth-order valence-electron chi connectivity index (χ4n) is 2.84. The van der Waals surface area contributed by atoms with Gasteiger partial charge >= 0.3 is 0 Å². The summed E-state index contributed by atoms with van der Waals surface area (Å²) in [5.41, 5.74) is 2.85. The zero-order chi connectivity index (χ0) is 20.5. The Balaban J connectivity index is 1.70. The number of hydrogen-bond donors (Lipinski definition) is 1. The van der Waals surface area contributed by atoms with E-state index in [-0.39, 0.29) is 5.91 Å². The van der Waals surface area contributed by atoms with Crippen LogP contribution >= 0.6 is 43.5 Å². The molecule has 0 aliphatic rings. The van der Waals surface area contributed by atoms with E-state index < -0.39 is 0 Å². The van der Waals surface area contributed by atoms with E-state index in [4.69, 9.17) is 16.3 Å². The van der Waals surface area contributed by atoms with Crippen LogP contribution in [0.25, 0.3) is 16.7 Å². The van der Waals surface area contributed by atoms with Crippen molar-refractivity contribution < 1.29 is 9.53 Å². The molecule has 0 fully saturated rings. The summed E-state index contributed by atoms with van der Waals surface area (Å²) in [6.07, 6.45) is 0. The summed E-state index contributed by atoms with van der Waals surface area (Å²) < 4.78 is 6.75. The molecule has 0 radical (unpaired) electrons. The van der Waals surface area contributed by atoms with Gasteiger partial charge in [-0.3, -0.25) is 4.79 Å². The molecule has 4 rings (SSSR count). The second-order valence-corrected chi connectivity index (χ2v) is 8.25. The summed E-state index contributed by atoms with van der Waals surface area (Å²) in [7, 11) is 1.51. The van der Waals surface area contributed by atoms with E-state index >= 15 is 0 Å². The Bertz CT molecular complexity index is 1230. The molecule has 6 nitrogen and oxygen atoms in total. The van der Waals surface area contributed by atoms with E-state index in [1.54, 1.807) is 24.3 Å². The average Bonchev–Trinajstić information content (AvgIpc) is 3.11. The molecule has 0 aliphatic carbocycles. The van der Waals surface area contributed by atoms with Crippen LogP contribution in [0.3, 0.4) is 0 Å². The van der Waals surface area contributed by atoms with Crippen LogP contribution in [0.5, 0.6) is 5.75 Å². The predicted molar refractivity (Wildman–Crippen MR) is 120 cm³/mol. The van der Waals surface area contributed by atoms with Gasteiger partial charge in [0.1, 0.15) is 16.8 Å². The molecule has 1 amide bonds. The predicted octanol–water partition coefficient (Wildman–Crippen LogP) is 5.86. The van der Waals surface area contributed by atoms with Crippen molar-refractivity contribution in [3.8, 4) is 11.4 Å². The molecule has 4 aromatic rings. The minimum absolute atomic E-state index is 0.359. The largest absolute Gasteiger partial charge is 0.495 e. The first-order valence-corrected chi connectivity index (χ1v) is 10.4. The molecule has 29 heavy (non-hydrogen) atoms. The number of carbonyl (C=O) groups excluding carboxylic acids is 1. The van der Waals surface area contributed by atoms with Gasteiger partial charge in [0.25, 0.3) is 5.91 Å². The Kier molecular flexibility index (Phi) is 5.58. The van der Waals surface area contributed by atoms with Crippen molar-refractivity contribution in [2.75, 3.05) is 12.4 Å². The van der Waals surface area contributed by atoms with E-state index in [1.807, 2.05) is 30.3 Å². The highest BCUT2D eigenvalue weighted by atomic mass is 79.9. The third-order valence-corrected chi connectivity index (χ3v) is 5.52. The van der Waals surface area contributed by atoms with Crippen molar-refractivity contribution in [3.05, 3.63) is 74.1 Å². The Hall–Kier alpha value is -2.42. The Morgan fingerprint density at radius 2 is 1.76 bits per heavy atom. The molecular weight excluding hydrogens is 524 g/mol. The second kappa shape index (κ2) is 8.14. The van der Waals surface area contributed by atoms with Crippen LogP contribution in [0.4, 0.5) is 5.69 Å². The van der Waals surface area contributed by atoms with Gasteiger partial charge < -0.3 is 10.1 Å². The van der Waals surface area contributed by atoms with Crippen LogP contribution in [0.15, 0.2) is 63.5 Å². The Labute approximate surface area is 188 Å². The number of nitrogens with zero attached hydrogens (tertiary/aromatic N) is 3. The van der Waals surface area contributed by atoms with E-state index in [1.165, 1.54) is 11.9 Å². The van der Waals surface area contributed by atoms with Crippen molar-refractivity contribution in [2.45, 2.75) is 0 Å². The molecule has 0 spiro atoms. The molecule has 0 saturated carbocycles. The average molecular weight is 537 g/mol. The third kappa shape index (κ3) is 4.01. The lowest BCUT2D eigenvalue weighted by Crippen LogP contribution is -2.14. The topological polar surface area (TPSA) is 69.0 Å². The molecular formula is C20H13Br2ClN4O2. The number of para-hydroxylation sites is 1. The van der Waals surface area contributed by atoms with E-state index in [0.717, 1.165) is 10.2 Å². The van der Waals surface area contributed by atoms with Gasteiger partial charge in [0, 0.05) is 4.47 Å². The van der Waals surface area contributed by atoms with Crippen molar-refractivity contribution in [1.82, 2.24) is 15.0 Å². The van der Waals surface area contributed by atoms with Gasteiger partial charge in [-0.1, -0.05) is 45.7 Å². The SMILES string of the molecule is COc1c(Br)cc(Br)cc1C(=O)Nc1cc2nn(-c3ccccc3)nc2cc1Cl. The normalized spacial score (nSPS) is 10.9. The van der Waals surface area contributed by atoms with Gasteiger partial charge in [-0.15, -0.1) is 10.2 Å². The molecule has 0 unspecified atom stereocenters. The number of aromatic nitrogens is 3. The fourth-order valence-corrected chi connectivity index (χ4v) is 4.43. The summed E-state index contributed by atoms with van der Waals surface area (Å²) >= 11 is 13.2. The second-order valence-electron chi connectivity index (χ2n) is 6.07. The number of carbonyl (C=O) groups is 1. The van der Waals surface area contributed by atoms with Gasteiger partial charge in [0.05, 0.1) is 33.5 Å². The number of halogens is 3. The van der Waals surface area contributed by atoms with Crippen molar-refractivity contribution in [3.63, 3.8) is 0 Å². The van der Waals surface area contributed by atoms with Gasteiger partial charge in [0.15, 0.2) is 0 Å². The minimum Gasteiger partial charge on any atom is -0.495 e. The summed E-state index contributed by atoms with van der Waals surface area (Å²) in [5, 5.41) is 12.1. The fraction of sp³-hybridized carbons (Fsp3) is 0.0500. The first kappa shape index (κ1) is 19.9. The number of nitrogens with one attached hydrogen (secondary N) is 1. The number of hydrogen-bond acceptors (Lipinski definition) is 4. The molecule has 146 valence electrons. The van der Waals surface area contributed by atoms with Crippen LogP contribution in [0.1, 0.15) is 10.4 Å². The molecule has 1 aromatic heterocycles. The quantitative estimate of drug-likeness (QED) is 0.355. The molecule has 0 aliphatic heterocycles. The van der Waals surface area contributed by atoms with Crippen LogP contribution in [0.2, 0.25) is 5.02 Å². The maximum atomic E-state index is 12.9. The number of amides is 1. The van der Waals surface area contributed by atoms with Gasteiger partial charge in [-0.2, -0.15) is 4.80 Å². The number of fused-ring (bicyclic) bond motifs is 1. The maximum Gasteiger partial charge on any atom is 0.259 e. The molecule has 0 bridgehead atoms. The van der Waals surface area contributed by atoms with Crippen LogP contribution in [-0.2, 0) is 0 Å². The standard InChI is InChI=1S/C20H13Br2ClN4O2/c1-29-19-13(7-11(21)8-14(19)22)20(28)24-16-10-18-17(9-15(16)23)25-27(26-18)12-5-3-2-4-6-12/h2-10H,1H3,(H,24,28). The smallest absolute Gasteiger partial charge is 0.259 e. The van der Waals surface area contributed by atoms with Crippen LogP contribution in [0, 0.1) is 0 Å². The molecule has 1 N–H and O–H groups in total. The highest BCUT2D eigenvalue weighted by Crippen LogP contribution is 2.34. The molecule has 0 atom stereocenters. The summed E-state index contributed by atoms with van der Waals surface area (Å²) in [4.78, 5) is 14.4. The number of rotatable bonds is 4. The summed E-state index contributed by atoms with van der Waals surface area (Å²) in [6.45, 7) is 0. The monoisotopic (exact) mass is 534 g/mol. The summed E-state index contributed by atoms with van der Waals surface area (Å²) in [5.74, 6) is 0.0680. The molecule has 1 heterocycles. The van der Waals surface area contributed by atoms with E-state index in [0.29, 0.717) is 37.5 Å². The zero-order valence-electron chi connectivity index (χ0n) is 15.0. The van der Waals surface area contributed by atoms with Crippen LogP contribution in [-0.4, -0.2) is 28.0 Å². The number of ether oxygens (including phenoxy) is 1. The highest BCUT2D eigenvalue weighted by Gasteiger charge is 2.18. The lowest BCUT2D eigenvalue weighted by atomic mass is 10.1. The number of benzene rings is 3. The minimum atomic E-state index is -0.361. The van der Waals surface area contributed by atoms with Gasteiger partial charge in [-0.25, -0.2) is 0 Å². The van der Waals surface area contributed by atoms with Crippen molar-refractivity contribution >= 4 is 66.1 Å². The van der Waals surface area contributed by atoms with Crippen molar-refractivity contribution in [2.24, 2.45) is 0 Å². The molecule has 9 heteroatoms. The summed E-state index contributed by atoms with van der Waals surface area (Å²) in [6, 6.07) is 16.4. The van der Waals surface area contributed by atoms with Crippen LogP contribution < -0.4 is 10.1 Å². The first-order valence-electron chi connectivity index (χ1n) is 8.42. The lowest BCUT2D eigenvalue weighted by Gasteiger charge is -2.12. The maximum absolute atomic E-state index is 12.9. The van der Waals surface area contributed by atoms with E-state index in [2.05, 4.69) is 47.4 Å². The lowest BCUT2D eigenvalue weighted by molar-refractivity contribution is 0.102. The number of methoxy groups -OCH3 is 1.